The number of benzene rings is 1. The Kier molecular flexibility index (Phi) is 7.49. The molecular weight excluding hydrogens is 336 g/mol. The molecule has 1 heterocycles. The zero-order valence-corrected chi connectivity index (χ0v) is 18.2. The Hall–Kier alpha value is -1.12. The van der Waals surface area contributed by atoms with Crippen molar-refractivity contribution in [3.05, 3.63) is 56.8 Å². The van der Waals surface area contributed by atoms with Crippen molar-refractivity contribution >= 4 is 11.3 Å². The molecule has 0 amide bonds. The van der Waals surface area contributed by atoms with Crippen LogP contribution in [0.5, 0.6) is 0 Å². The number of hydrogen-bond acceptors (Lipinski definition) is 2. The molecule has 1 N–H and O–H groups in total. The van der Waals surface area contributed by atoms with E-state index in [9.17, 15) is 5.11 Å². The van der Waals surface area contributed by atoms with E-state index in [1.165, 1.54) is 46.4 Å². The lowest BCUT2D eigenvalue weighted by Gasteiger charge is -2.31. The minimum atomic E-state index is -0.251. The van der Waals surface area contributed by atoms with E-state index >= 15 is 0 Å². The van der Waals surface area contributed by atoms with Crippen molar-refractivity contribution in [1.82, 2.24) is 0 Å². The number of hydrogen-bond donors (Lipinski definition) is 1. The molecule has 0 aliphatic rings. The van der Waals surface area contributed by atoms with Crippen LogP contribution in [0.2, 0.25) is 0 Å². The fourth-order valence-corrected chi connectivity index (χ4v) is 4.77. The van der Waals surface area contributed by atoms with Crippen LogP contribution in [0.3, 0.4) is 0 Å². The van der Waals surface area contributed by atoms with Gasteiger partial charge >= 0.3 is 0 Å². The van der Waals surface area contributed by atoms with Crippen molar-refractivity contribution in [3.8, 4) is 0 Å². The number of rotatable bonds is 9. The standard InChI is InChI=1S/C24H36OS/c1-7-19(11-12-22-13-17(3)16-26-22)20-9-10-21(18(4)14-20)15-24(5,6)23(25)8-2/h9-10,13-14,16,19,23,25H,7-8,11-12,15H2,1-6H3. The Morgan fingerprint density at radius 3 is 2.35 bits per heavy atom. The molecule has 2 heteroatoms. The predicted molar refractivity (Wildman–Crippen MR) is 115 cm³/mol. The Balaban J connectivity index is 2.08. The predicted octanol–water partition coefficient (Wildman–Crippen LogP) is 6.83. The number of aryl methyl sites for hydroxylation is 3. The van der Waals surface area contributed by atoms with Crippen LogP contribution >= 0.6 is 11.3 Å². The summed E-state index contributed by atoms with van der Waals surface area (Å²) < 4.78 is 0. The van der Waals surface area contributed by atoms with E-state index in [4.69, 9.17) is 0 Å². The maximum Gasteiger partial charge on any atom is 0.0591 e. The van der Waals surface area contributed by atoms with Gasteiger partial charge in [-0.15, -0.1) is 11.3 Å². The quantitative estimate of drug-likeness (QED) is 0.511. The van der Waals surface area contributed by atoms with E-state index in [0.29, 0.717) is 5.92 Å². The lowest BCUT2D eigenvalue weighted by Crippen LogP contribution is -2.31. The van der Waals surface area contributed by atoms with Crippen molar-refractivity contribution in [2.24, 2.45) is 5.41 Å². The van der Waals surface area contributed by atoms with Crippen molar-refractivity contribution in [2.75, 3.05) is 0 Å². The van der Waals surface area contributed by atoms with Gasteiger partial charge < -0.3 is 5.11 Å². The molecule has 0 saturated heterocycles. The van der Waals surface area contributed by atoms with Crippen LogP contribution in [0.4, 0.5) is 0 Å². The van der Waals surface area contributed by atoms with Gasteiger partial charge in [-0.05, 0) is 91.0 Å². The van der Waals surface area contributed by atoms with Gasteiger partial charge in [-0.2, -0.15) is 0 Å². The van der Waals surface area contributed by atoms with Gasteiger partial charge in [0.25, 0.3) is 0 Å². The molecule has 1 nitrogen and oxygen atoms in total. The topological polar surface area (TPSA) is 20.2 Å². The van der Waals surface area contributed by atoms with Gasteiger partial charge in [0.15, 0.2) is 0 Å². The number of aliphatic hydroxyl groups is 1. The molecule has 2 unspecified atom stereocenters. The van der Waals surface area contributed by atoms with Gasteiger partial charge in [0, 0.05) is 4.88 Å². The van der Waals surface area contributed by atoms with Gasteiger partial charge in [-0.3, -0.25) is 0 Å². The lowest BCUT2D eigenvalue weighted by atomic mass is 9.78. The molecule has 0 bridgehead atoms. The molecule has 2 atom stereocenters. The largest absolute Gasteiger partial charge is 0.393 e. The van der Waals surface area contributed by atoms with Crippen LogP contribution in [0.15, 0.2) is 29.6 Å². The molecule has 0 saturated carbocycles. The number of thiophene rings is 1. The molecule has 0 aliphatic carbocycles. The minimum absolute atomic E-state index is 0.0811. The molecule has 2 aromatic rings. The van der Waals surface area contributed by atoms with Crippen LogP contribution in [0.1, 0.15) is 80.0 Å². The summed E-state index contributed by atoms with van der Waals surface area (Å²) in [4.78, 5) is 1.50. The SMILES string of the molecule is CCC(CCc1cc(C)cs1)c1ccc(CC(C)(C)C(O)CC)c(C)c1. The molecule has 26 heavy (non-hydrogen) atoms. The van der Waals surface area contributed by atoms with E-state index in [1.807, 2.05) is 11.3 Å². The van der Waals surface area contributed by atoms with Gasteiger partial charge in [0.05, 0.1) is 6.10 Å². The molecule has 144 valence electrons. The van der Waals surface area contributed by atoms with Gasteiger partial charge in [0.1, 0.15) is 0 Å². The van der Waals surface area contributed by atoms with E-state index < -0.39 is 0 Å². The molecule has 0 radical (unpaired) electrons. The first-order chi connectivity index (χ1) is 12.3. The van der Waals surface area contributed by atoms with Crippen molar-refractivity contribution < 1.29 is 5.11 Å². The highest BCUT2D eigenvalue weighted by Gasteiger charge is 2.27. The Morgan fingerprint density at radius 1 is 1.08 bits per heavy atom. The normalized spacial score (nSPS) is 14.4. The third kappa shape index (κ3) is 5.44. The van der Waals surface area contributed by atoms with Crippen molar-refractivity contribution in [2.45, 2.75) is 85.7 Å². The van der Waals surface area contributed by atoms with Crippen LogP contribution in [0.25, 0.3) is 0 Å². The van der Waals surface area contributed by atoms with Crippen molar-refractivity contribution in [3.63, 3.8) is 0 Å². The zero-order valence-electron chi connectivity index (χ0n) is 17.4. The monoisotopic (exact) mass is 372 g/mol. The van der Waals surface area contributed by atoms with E-state index in [1.54, 1.807) is 0 Å². The van der Waals surface area contributed by atoms with Crippen molar-refractivity contribution in [1.29, 1.82) is 0 Å². The maximum absolute atomic E-state index is 10.3. The molecule has 1 aromatic carbocycles. The molecular formula is C24H36OS. The van der Waals surface area contributed by atoms with Gasteiger partial charge in [-0.25, -0.2) is 0 Å². The first-order valence-electron chi connectivity index (χ1n) is 10.1. The summed E-state index contributed by atoms with van der Waals surface area (Å²) >= 11 is 1.89. The van der Waals surface area contributed by atoms with E-state index in [-0.39, 0.29) is 11.5 Å². The summed E-state index contributed by atoms with van der Waals surface area (Å²) in [5, 5.41) is 12.6. The highest BCUT2D eigenvalue weighted by atomic mass is 32.1. The van der Waals surface area contributed by atoms with Crippen LogP contribution < -0.4 is 0 Å². The summed E-state index contributed by atoms with van der Waals surface area (Å²) in [6.45, 7) is 13.1. The van der Waals surface area contributed by atoms with Crippen LogP contribution in [-0.4, -0.2) is 11.2 Å². The third-order valence-electron chi connectivity index (χ3n) is 5.79. The average molecular weight is 373 g/mol. The second-order valence-corrected chi connectivity index (χ2v) is 9.51. The second kappa shape index (κ2) is 9.19. The summed E-state index contributed by atoms with van der Waals surface area (Å²) in [7, 11) is 0. The summed E-state index contributed by atoms with van der Waals surface area (Å²) in [5.74, 6) is 0.624. The summed E-state index contributed by atoms with van der Waals surface area (Å²) in [5.41, 5.74) is 5.51. The smallest absolute Gasteiger partial charge is 0.0591 e. The second-order valence-electron chi connectivity index (χ2n) is 8.51. The molecule has 0 fully saturated rings. The maximum atomic E-state index is 10.3. The van der Waals surface area contributed by atoms with Gasteiger partial charge in [0.2, 0.25) is 0 Å². The fraction of sp³-hybridized carbons (Fsp3) is 0.583. The Bertz CT molecular complexity index is 698. The zero-order chi connectivity index (χ0) is 19.3. The number of aliphatic hydroxyl groups excluding tert-OH is 1. The third-order valence-corrected chi connectivity index (χ3v) is 6.90. The molecule has 0 aliphatic heterocycles. The minimum Gasteiger partial charge on any atom is -0.393 e. The summed E-state index contributed by atoms with van der Waals surface area (Å²) in [6, 6.07) is 9.34. The highest BCUT2D eigenvalue weighted by Crippen LogP contribution is 2.32. The lowest BCUT2D eigenvalue weighted by molar-refractivity contribution is 0.0473. The highest BCUT2D eigenvalue weighted by molar-refractivity contribution is 7.10. The van der Waals surface area contributed by atoms with Crippen LogP contribution in [0, 0.1) is 19.3 Å². The Labute approximate surface area is 164 Å². The first-order valence-corrected chi connectivity index (χ1v) is 11.0. The molecule has 1 aromatic heterocycles. The fourth-order valence-electron chi connectivity index (χ4n) is 3.88. The summed E-state index contributed by atoms with van der Waals surface area (Å²) in [6.07, 6.45) is 5.06. The average Bonchev–Trinajstić information content (AvgIpc) is 3.02. The first kappa shape index (κ1) is 21.2. The Morgan fingerprint density at radius 2 is 1.81 bits per heavy atom. The van der Waals surface area contributed by atoms with E-state index in [0.717, 1.165) is 12.8 Å². The van der Waals surface area contributed by atoms with E-state index in [2.05, 4.69) is 71.2 Å². The van der Waals surface area contributed by atoms with Gasteiger partial charge in [-0.1, -0.05) is 45.9 Å². The molecule has 2 rings (SSSR count). The molecule has 0 spiro atoms. The van der Waals surface area contributed by atoms with Crippen LogP contribution in [-0.2, 0) is 12.8 Å².